The number of hydrogen-bond acceptors (Lipinski definition) is 2. The van der Waals surface area contributed by atoms with Crippen LogP contribution < -0.4 is 5.32 Å². The lowest BCUT2D eigenvalue weighted by molar-refractivity contribution is 0.0980. The second kappa shape index (κ2) is 4.63. The Bertz CT molecular complexity index is 164. The molecule has 0 aromatic heterocycles. The van der Waals surface area contributed by atoms with Gasteiger partial charge in [-0.1, -0.05) is 27.2 Å². The predicted octanol–water partition coefficient (Wildman–Crippen LogP) is 2.10. The minimum absolute atomic E-state index is 0.360. The van der Waals surface area contributed by atoms with Gasteiger partial charge in [0.1, 0.15) is 0 Å². The highest BCUT2D eigenvalue weighted by Gasteiger charge is 2.34. The van der Waals surface area contributed by atoms with Crippen molar-refractivity contribution < 1.29 is 0 Å². The van der Waals surface area contributed by atoms with Crippen LogP contribution in [-0.2, 0) is 0 Å². The van der Waals surface area contributed by atoms with Crippen LogP contribution in [0.25, 0.3) is 0 Å². The van der Waals surface area contributed by atoms with Crippen molar-refractivity contribution in [3.05, 3.63) is 0 Å². The Labute approximate surface area is 89.1 Å². The van der Waals surface area contributed by atoms with Crippen molar-refractivity contribution in [2.24, 2.45) is 5.41 Å². The van der Waals surface area contributed by atoms with Crippen molar-refractivity contribution in [3.8, 4) is 0 Å². The Hall–Kier alpha value is -0.0800. The first kappa shape index (κ1) is 12.0. The largest absolute Gasteiger partial charge is 0.312 e. The molecule has 0 amide bonds. The number of nitrogens with one attached hydrogen (secondary N) is 1. The monoisotopic (exact) mass is 198 g/mol. The summed E-state index contributed by atoms with van der Waals surface area (Å²) in [4.78, 5) is 2.38. The van der Waals surface area contributed by atoms with Gasteiger partial charge in [0.15, 0.2) is 0 Å². The summed E-state index contributed by atoms with van der Waals surface area (Å²) in [6, 6.07) is 1.32. The second-order valence-corrected chi connectivity index (χ2v) is 5.83. The van der Waals surface area contributed by atoms with Crippen molar-refractivity contribution in [2.45, 2.75) is 52.1 Å². The van der Waals surface area contributed by atoms with Crippen molar-refractivity contribution in [1.82, 2.24) is 10.2 Å². The first-order chi connectivity index (χ1) is 6.43. The molecule has 84 valence electrons. The molecule has 2 atom stereocenters. The molecule has 14 heavy (non-hydrogen) atoms. The van der Waals surface area contributed by atoms with E-state index >= 15 is 0 Å². The Morgan fingerprint density at radius 2 is 1.86 bits per heavy atom. The average molecular weight is 198 g/mol. The van der Waals surface area contributed by atoms with E-state index in [0.29, 0.717) is 17.5 Å². The molecule has 0 aliphatic carbocycles. The highest BCUT2D eigenvalue weighted by Crippen LogP contribution is 2.28. The van der Waals surface area contributed by atoms with E-state index in [9.17, 15) is 0 Å². The SMILES string of the molecule is CN(C)C(C1CCCCN1)C(C)(C)C. The third-order valence-corrected chi connectivity index (χ3v) is 3.17. The molecule has 2 heteroatoms. The normalized spacial score (nSPS) is 26.6. The van der Waals surface area contributed by atoms with Crippen LogP contribution in [0.3, 0.4) is 0 Å². The molecule has 1 aliphatic heterocycles. The highest BCUT2D eigenvalue weighted by atomic mass is 15.2. The zero-order valence-electron chi connectivity index (χ0n) is 10.4. The molecule has 0 spiro atoms. The smallest absolute Gasteiger partial charge is 0.0291 e. The van der Waals surface area contributed by atoms with Crippen LogP contribution in [-0.4, -0.2) is 37.6 Å². The maximum Gasteiger partial charge on any atom is 0.0291 e. The first-order valence-corrected chi connectivity index (χ1v) is 5.83. The fourth-order valence-corrected chi connectivity index (χ4v) is 2.89. The molecule has 0 saturated carbocycles. The molecule has 1 heterocycles. The van der Waals surface area contributed by atoms with Gasteiger partial charge in [0, 0.05) is 12.1 Å². The van der Waals surface area contributed by atoms with Crippen molar-refractivity contribution in [2.75, 3.05) is 20.6 Å². The Morgan fingerprint density at radius 1 is 1.21 bits per heavy atom. The Kier molecular flexibility index (Phi) is 3.96. The van der Waals surface area contributed by atoms with Crippen molar-refractivity contribution >= 4 is 0 Å². The van der Waals surface area contributed by atoms with Crippen LogP contribution in [0.5, 0.6) is 0 Å². The molecule has 1 rings (SSSR count). The fraction of sp³-hybridized carbons (Fsp3) is 1.00. The molecule has 2 unspecified atom stereocenters. The molecular weight excluding hydrogens is 172 g/mol. The topological polar surface area (TPSA) is 15.3 Å². The van der Waals surface area contributed by atoms with Gasteiger partial charge in [-0.2, -0.15) is 0 Å². The van der Waals surface area contributed by atoms with Gasteiger partial charge in [-0.25, -0.2) is 0 Å². The van der Waals surface area contributed by atoms with E-state index in [1.807, 2.05) is 0 Å². The van der Waals surface area contributed by atoms with Gasteiger partial charge in [0.2, 0.25) is 0 Å². The molecule has 1 saturated heterocycles. The van der Waals surface area contributed by atoms with Gasteiger partial charge in [-0.05, 0) is 38.9 Å². The summed E-state index contributed by atoms with van der Waals surface area (Å²) >= 11 is 0. The number of nitrogens with zero attached hydrogens (tertiary/aromatic N) is 1. The van der Waals surface area contributed by atoms with Crippen molar-refractivity contribution in [3.63, 3.8) is 0 Å². The molecule has 0 aromatic rings. The van der Waals surface area contributed by atoms with Crippen molar-refractivity contribution in [1.29, 1.82) is 0 Å². The van der Waals surface area contributed by atoms with Crippen LogP contribution in [0.1, 0.15) is 40.0 Å². The van der Waals surface area contributed by atoms with E-state index in [2.05, 4.69) is 45.1 Å². The lowest BCUT2D eigenvalue weighted by atomic mass is 9.79. The van der Waals surface area contributed by atoms with E-state index in [4.69, 9.17) is 0 Å². The highest BCUT2D eigenvalue weighted by molar-refractivity contribution is 4.92. The zero-order chi connectivity index (χ0) is 10.8. The summed E-state index contributed by atoms with van der Waals surface area (Å²) in [5, 5.41) is 3.67. The molecule has 0 aromatic carbocycles. The second-order valence-electron chi connectivity index (χ2n) is 5.83. The molecular formula is C12H26N2. The Balaban J connectivity index is 2.66. The predicted molar refractivity (Wildman–Crippen MR) is 62.6 cm³/mol. The summed E-state index contributed by atoms with van der Waals surface area (Å²) in [5.41, 5.74) is 0.360. The maximum absolute atomic E-state index is 3.67. The van der Waals surface area contributed by atoms with Gasteiger partial charge < -0.3 is 10.2 Å². The van der Waals surface area contributed by atoms with Gasteiger partial charge in [-0.3, -0.25) is 0 Å². The van der Waals surface area contributed by atoms with E-state index < -0.39 is 0 Å². The van der Waals surface area contributed by atoms with Crippen LogP contribution >= 0.6 is 0 Å². The zero-order valence-corrected chi connectivity index (χ0v) is 10.4. The van der Waals surface area contributed by atoms with E-state index in [0.717, 1.165) is 0 Å². The van der Waals surface area contributed by atoms with E-state index in [-0.39, 0.29) is 0 Å². The molecule has 2 nitrogen and oxygen atoms in total. The number of rotatable bonds is 2. The minimum atomic E-state index is 0.360. The lowest BCUT2D eigenvalue weighted by Gasteiger charge is -2.43. The van der Waals surface area contributed by atoms with E-state index in [1.54, 1.807) is 0 Å². The number of piperidine rings is 1. The molecule has 1 N–H and O–H groups in total. The standard InChI is InChI=1S/C12H26N2/c1-12(2,3)11(14(4)5)10-8-6-7-9-13-10/h10-11,13H,6-9H2,1-5H3. The number of hydrogen-bond donors (Lipinski definition) is 1. The summed E-state index contributed by atoms with van der Waals surface area (Å²) in [7, 11) is 4.40. The molecule has 0 bridgehead atoms. The van der Waals surface area contributed by atoms with Crippen LogP contribution in [0, 0.1) is 5.41 Å². The van der Waals surface area contributed by atoms with Gasteiger partial charge >= 0.3 is 0 Å². The molecule has 1 fully saturated rings. The lowest BCUT2D eigenvalue weighted by Crippen LogP contribution is -2.55. The van der Waals surface area contributed by atoms with Gasteiger partial charge in [0.05, 0.1) is 0 Å². The summed E-state index contributed by atoms with van der Waals surface area (Å²) < 4.78 is 0. The maximum atomic E-state index is 3.67. The summed E-state index contributed by atoms with van der Waals surface area (Å²) in [5.74, 6) is 0. The van der Waals surface area contributed by atoms with E-state index in [1.165, 1.54) is 25.8 Å². The van der Waals surface area contributed by atoms with Crippen LogP contribution in [0.15, 0.2) is 0 Å². The quantitative estimate of drug-likeness (QED) is 0.731. The fourth-order valence-electron chi connectivity index (χ4n) is 2.89. The summed E-state index contributed by atoms with van der Waals surface area (Å²) in [6.45, 7) is 8.22. The third-order valence-electron chi connectivity index (χ3n) is 3.17. The minimum Gasteiger partial charge on any atom is -0.312 e. The number of likely N-dealkylation sites (N-methyl/N-ethyl adjacent to an activating group) is 1. The average Bonchev–Trinajstić information content (AvgIpc) is 2.02. The summed E-state index contributed by atoms with van der Waals surface area (Å²) in [6.07, 6.45) is 4.07. The first-order valence-electron chi connectivity index (χ1n) is 5.83. The van der Waals surface area contributed by atoms with Gasteiger partial charge in [-0.15, -0.1) is 0 Å². The molecule has 1 aliphatic rings. The Morgan fingerprint density at radius 3 is 2.21 bits per heavy atom. The third kappa shape index (κ3) is 2.96. The van der Waals surface area contributed by atoms with Gasteiger partial charge in [0.25, 0.3) is 0 Å². The van der Waals surface area contributed by atoms with Crippen LogP contribution in [0.2, 0.25) is 0 Å². The van der Waals surface area contributed by atoms with Crippen LogP contribution in [0.4, 0.5) is 0 Å². The molecule has 0 radical (unpaired) electrons.